The monoisotopic (exact) mass is 329 g/mol. The molecule has 1 atom stereocenters. The Bertz CT molecular complexity index is 769. The van der Waals surface area contributed by atoms with E-state index in [0.29, 0.717) is 22.2 Å². The smallest absolute Gasteiger partial charge is 0.278 e. The van der Waals surface area contributed by atoms with Crippen molar-refractivity contribution in [2.24, 2.45) is 5.92 Å². The average molecular weight is 329 g/mol. The molecular weight excluding hydrogens is 310 g/mol. The number of rotatable bonds is 4. The third kappa shape index (κ3) is 3.15. The van der Waals surface area contributed by atoms with Crippen molar-refractivity contribution in [3.05, 3.63) is 33.5 Å². The summed E-state index contributed by atoms with van der Waals surface area (Å²) < 4.78 is 4.93. The fourth-order valence-corrected chi connectivity index (χ4v) is 4.46. The zero-order valence-corrected chi connectivity index (χ0v) is 14.1. The fourth-order valence-electron chi connectivity index (χ4n) is 3.16. The average Bonchev–Trinajstić information content (AvgIpc) is 3.10. The second-order valence-electron chi connectivity index (χ2n) is 5.99. The van der Waals surface area contributed by atoms with E-state index in [0.717, 1.165) is 24.8 Å². The summed E-state index contributed by atoms with van der Waals surface area (Å²) in [5, 5.41) is 16.7. The van der Waals surface area contributed by atoms with Crippen molar-refractivity contribution < 1.29 is 9.32 Å². The van der Waals surface area contributed by atoms with Crippen molar-refractivity contribution in [3.63, 3.8) is 0 Å². The Kier molecular flexibility index (Phi) is 4.49. The number of carbonyl (C=O) groups is 1. The number of aromatic nitrogens is 1. The first-order chi connectivity index (χ1) is 11.1. The molecule has 1 amide bonds. The number of thiophene rings is 1. The Hall–Kier alpha value is -2.13. The summed E-state index contributed by atoms with van der Waals surface area (Å²) in [6, 6.07) is 3.85. The molecule has 1 aliphatic carbocycles. The Morgan fingerprint density at radius 1 is 1.61 bits per heavy atom. The van der Waals surface area contributed by atoms with E-state index in [-0.39, 0.29) is 11.6 Å². The van der Waals surface area contributed by atoms with Gasteiger partial charge < -0.3 is 9.84 Å². The summed E-state index contributed by atoms with van der Waals surface area (Å²) in [6.45, 7) is 3.94. The molecule has 120 valence electrons. The van der Waals surface area contributed by atoms with E-state index >= 15 is 0 Å². The normalized spacial score (nSPS) is 16.7. The number of carbonyl (C=O) groups excluding carboxylic acids is 1. The number of amides is 1. The zero-order chi connectivity index (χ0) is 16.4. The molecule has 0 aromatic carbocycles. The molecule has 5 nitrogen and oxygen atoms in total. The van der Waals surface area contributed by atoms with Gasteiger partial charge in [-0.15, -0.1) is 11.3 Å². The minimum atomic E-state index is -0.331. The molecule has 2 aromatic heterocycles. The first kappa shape index (κ1) is 15.8. The van der Waals surface area contributed by atoms with Gasteiger partial charge in [0.25, 0.3) is 5.91 Å². The van der Waals surface area contributed by atoms with Gasteiger partial charge in [-0.1, -0.05) is 24.9 Å². The maximum Gasteiger partial charge on any atom is 0.278 e. The van der Waals surface area contributed by atoms with Crippen molar-refractivity contribution >= 4 is 22.2 Å². The molecule has 0 saturated heterocycles. The third-order valence-electron chi connectivity index (χ3n) is 4.26. The lowest BCUT2D eigenvalue weighted by Crippen LogP contribution is -2.13. The van der Waals surface area contributed by atoms with Crippen molar-refractivity contribution in [2.45, 2.75) is 46.0 Å². The molecular formula is C17H19N3O2S. The fraction of sp³-hybridized carbons (Fsp3) is 0.471. The summed E-state index contributed by atoms with van der Waals surface area (Å²) >= 11 is 1.53. The highest BCUT2D eigenvalue weighted by atomic mass is 32.1. The second kappa shape index (κ2) is 6.55. The predicted octanol–water partition coefficient (Wildman–Crippen LogP) is 4.07. The van der Waals surface area contributed by atoms with Crippen LogP contribution in [0.5, 0.6) is 0 Å². The molecule has 6 heteroatoms. The number of anilines is 1. The van der Waals surface area contributed by atoms with Gasteiger partial charge in [-0.05, 0) is 37.7 Å². The third-order valence-corrected chi connectivity index (χ3v) is 5.43. The van der Waals surface area contributed by atoms with Gasteiger partial charge in [-0.2, -0.15) is 5.26 Å². The summed E-state index contributed by atoms with van der Waals surface area (Å²) in [4.78, 5) is 13.5. The molecule has 0 spiro atoms. The van der Waals surface area contributed by atoms with Crippen molar-refractivity contribution in [1.82, 2.24) is 5.16 Å². The summed E-state index contributed by atoms with van der Waals surface area (Å²) in [5.41, 5.74) is 1.98. The number of nitrogens with one attached hydrogen (secondary N) is 1. The number of aryl methyl sites for hydroxylation is 1. The lowest BCUT2D eigenvalue weighted by atomic mass is 9.85. The quantitative estimate of drug-likeness (QED) is 0.917. The Morgan fingerprint density at radius 2 is 2.43 bits per heavy atom. The number of fused-ring (bicyclic) bond motifs is 1. The molecule has 1 N–H and O–H groups in total. The van der Waals surface area contributed by atoms with Crippen LogP contribution in [0.4, 0.5) is 5.00 Å². The van der Waals surface area contributed by atoms with E-state index in [4.69, 9.17) is 4.52 Å². The first-order valence-electron chi connectivity index (χ1n) is 7.91. The summed E-state index contributed by atoms with van der Waals surface area (Å²) in [6.07, 6.45) is 5.48. The van der Waals surface area contributed by atoms with Crippen LogP contribution in [0.1, 0.15) is 58.4 Å². The van der Waals surface area contributed by atoms with Crippen LogP contribution in [0.15, 0.2) is 10.6 Å². The molecule has 2 aromatic rings. The molecule has 23 heavy (non-hydrogen) atoms. The molecule has 2 heterocycles. The van der Waals surface area contributed by atoms with E-state index in [1.54, 1.807) is 13.0 Å². The SMILES string of the molecule is CCC[C@H]1CCc2c(sc(NC(=O)c3cc(C)on3)c2C#N)C1. The number of hydrogen-bond donors (Lipinski definition) is 1. The number of hydrogen-bond acceptors (Lipinski definition) is 5. The van der Waals surface area contributed by atoms with Crippen molar-refractivity contribution in [3.8, 4) is 6.07 Å². The van der Waals surface area contributed by atoms with Crippen LogP contribution < -0.4 is 5.32 Å². The van der Waals surface area contributed by atoms with Gasteiger partial charge in [0, 0.05) is 10.9 Å². The van der Waals surface area contributed by atoms with E-state index in [2.05, 4.69) is 23.5 Å². The Labute approximate surface area is 139 Å². The standard InChI is InChI=1S/C17H19N3O2S/c1-3-4-11-5-6-12-13(9-18)17(23-15(12)8-11)19-16(21)14-7-10(2)22-20-14/h7,11H,3-6,8H2,1-2H3,(H,19,21)/t11-/m0/s1. The molecule has 0 radical (unpaired) electrons. The Morgan fingerprint density at radius 3 is 3.09 bits per heavy atom. The molecule has 0 bridgehead atoms. The predicted molar refractivity (Wildman–Crippen MR) is 88.7 cm³/mol. The van der Waals surface area contributed by atoms with Crippen molar-refractivity contribution in [2.75, 3.05) is 5.32 Å². The van der Waals surface area contributed by atoms with E-state index in [9.17, 15) is 10.1 Å². The van der Waals surface area contributed by atoms with Crippen LogP contribution in [-0.4, -0.2) is 11.1 Å². The lowest BCUT2D eigenvalue weighted by molar-refractivity contribution is 0.101. The van der Waals surface area contributed by atoms with Gasteiger partial charge in [0.15, 0.2) is 5.69 Å². The largest absolute Gasteiger partial charge is 0.361 e. The Balaban J connectivity index is 1.83. The molecule has 1 aliphatic rings. The maximum absolute atomic E-state index is 12.2. The van der Waals surface area contributed by atoms with Crippen LogP contribution in [0.3, 0.4) is 0 Å². The second-order valence-corrected chi connectivity index (χ2v) is 7.10. The van der Waals surface area contributed by atoms with Crippen LogP contribution in [0.2, 0.25) is 0 Å². The van der Waals surface area contributed by atoms with Gasteiger partial charge in [-0.3, -0.25) is 4.79 Å². The van der Waals surface area contributed by atoms with E-state index in [1.165, 1.54) is 29.1 Å². The van der Waals surface area contributed by atoms with Crippen LogP contribution in [0, 0.1) is 24.2 Å². The van der Waals surface area contributed by atoms with Crippen LogP contribution in [-0.2, 0) is 12.8 Å². The van der Waals surface area contributed by atoms with Crippen molar-refractivity contribution in [1.29, 1.82) is 5.26 Å². The minimum Gasteiger partial charge on any atom is -0.361 e. The van der Waals surface area contributed by atoms with Gasteiger partial charge in [-0.25, -0.2) is 0 Å². The lowest BCUT2D eigenvalue weighted by Gasteiger charge is -2.21. The van der Waals surface area contributed by atoms with Gasteiger partial charge in [0.05, 0.1) is 5.56 Å². The van der Waals surface area contributed by atoms with Gasteiger partial charge >= 0.3 is 0 Å². The van der Waals surface area contributed by atoms with Gasteiger partial charge in [0.1, 0.15) is 16.8 Å². The highest BCUT2D eigenvalue weighted by Gasteiger charge is 2.26. The van der Waals surface area contributed by atoms with E-state index < -0.39 is 0 Å². The molecule has 0 fully saturated rings. The summed E-state index contributed by atoms with van der Waals surface area (Å²) in [7, 11) is 0. The maximum atomic E-state index is 12.2. The first-order valence-corrected chi connectivity index (χ1v) is 8.73. The molecule has 0 unspecified atom stereocenters. The number of nitrogens with zero attached hydrogens (tertiary/aromatic N) is 2. The van der Waals surface area contributed by atoms with E-state index in [1.807, 2.05) is 0 Å². The highest BCUT2D eigenvalue weighted by molar-refractivity contribution is 7.16. The van der Waals surface area contributed by atoms with Crippen LogP contribution >= 0.6 is 11.3 Å². The zero-order valence-electron chi connectivity index (χ0n) is 13.3. The van der Waals surface area contributed by atoms with Crippen LogP contribution in [0.25, 0.3) is 0 Å². The summed E-state index contributed by atoms with van der Waals surface area (Å²) in [5.74, 6) is 0.949. The highest BCUT2D eigenvalue weighted by Crippen LogP contribution is 2.40. The number of nitriles is 1. The molecule has 0 saturated carbocycles. The molecule has 0 aliphatic heterocycles. The molecule has 3 rings (SSSR count). The van der Waals surface area contributed by atoms with Gasteiger partial charge in [0.2, 0.25) is 0 Å². The minimum absolute atomic E-state index is 0.238. The topological polar surface area (TPSA) is 78.9 Å².